The number of hydrogen-bond donors (Lipinski definition) is 0. The lowest BCUT2D eigenvalue weighted by Gasteiger charge is -2.13. The first-order valence-electron chi connectivity index (χ1n) is 12.0. The highest BCUT2D eigenvalue weighted by atomic mass is 32.2. The summed E-state index contributed by atoms with van der Waals surface area (Å²) >= 11 is 5.84. The first-order chi connectivity index (χ1) is 17.6. The third-order valence-electron chi connectivity index (χ3n) is 4.89. The molecule has 37 heavy (non-hydrogen) atoms. The zero-order valence-corrected chi connectivity index (χ0v) is 25.3. The van der Waals surface area contributed by atoms with Crippen LogP contribution in [0.15, 0.2) is 82.6 Å². The maximum atomic E-state index is 11.6. The van der Waals surface area contributed by atoms with Gasteiger partial charge in [0.2, 0.25) is 10.2 Å². The lowest BCUT2D eigenvalue weighted by molar-refractivity contribution is -0.108. The van der Waals surface area contributed by atoms with E-state index in [-0.39, 0.29) is 21.1 Å². The fourth-order valence-corrected chi connectivity index (χ4v) is 5.91. The average molecular weight is 577 g/mol. The lowest BCUT2D eigenvalue weighted by atomic mass is 10.1. The zero-order chi connectivity index (χ0) is 27.2. The Morgan fingerprint density at radius 1 is 0.703 bits per heavy atom. The summed E-state index contributed by atoms with van der Waals surface area (Å²) in [4.78, 5) is 25.4. The maximum absolute atomic E-state index is 11.6. The highest BCUT2D eigenvalue weighted by Gasteiger charge is 2.09. The van der Waals surface area contributed by atoms with E-state index in [4.69, 9.17) is 9.47 Å². The molecule has 0 radical (unpaired) electrons. The molecule has 2 aromatic carbocycles. The molecule has 0 spiro atoms. The van der Waals surface area contributed by atoms with Gasteiger partial charge in [0.25, 0.3) is 0 Å². The van der Waals surface area contributed by atoms with E-state index in [9.17, 15) is 9.59 Å². The first-order valence-corrected chi connectivity index (χ1v) is 15.8. The minimum absolute atomic E-state index is 0.0142. The van der Waals surface area contributed by atoms with Gasteiger partial charge in [-0.2, -0.15) is 0 Å². The van der Waals surface area contributed by atoms with Crippen LogP contribution in [0.25, 0.3) is 0 Å². The predicted octanol–water partition coefficient (Wildman–Crippen LogP) is 7.86. The smallest absolute Gasteiger partial charge is 0.214 e. The summed E-state index contributed by atoms with van der Waals surface area (Å²) in [6.45, 7) is 15.9. The van der Waals surface area contributed by atoms with Gasteiger partial charge >= 0.3 is 0 Å². The summed E-state index contributed by atoms with van der Waals surface area (Å²) < 4.78 is 11.6. The summed E-state index contributed by atoms with van der Waals surface area (Å²) in [6.07, 6.45) is 0.871. The van der Waals surface area contributed by atoms with Gasteiger partial charge in [-0.25, -0.2) is 0 Å². The van der Waals surface area contributed by atoms with Crippen LogP contribution < -0.4 is 0 Å². The van der Waals surface area contributed by atoms with Crippen molar-refractivity contribution in [3.63, 3.8) is 0 Å². The molecule has 2 rings (SSSR count). The molecule has 200 valence electrons. The molecule has 0 saturated carbocycles. The Kier molecular flexibility index (Phi) is 14.8. The molecule has 0 N–H and O–H groups in total. The Bertz CT molecular complexity index is 951. The Morgan fingerprint density at radius 2 is 1.05 bits per heavy atom. The van der Waals surface area contributed by atoms with E-state index in [2.05, 4.69) is 61.7 Å². The van der Waals surface area contributed by atoms with Crippen molar-refractivity contribution in [2.45, 2.75) is 54.8 Å². The maximum Gasteiger partial charge on any atom is 0.214 e. The van der Waals surface area contributed by atoms with Gasteiger partial charge in [0.15, 0.2) is 0 Å². The van der Waals surface area contributed by atoms with Gasteiger partial charge in [0.1, 0.15) is 10.9 Å². The Balaban J connectivity index is 1.71. The third-order valence-corrected chi connectivity index (χ3v) is 8.88. The van der Waals surface area contributed by atoms with Crippen molar-refractivity contribution >= 4 is 57.3 Å². The molecule has 0 heterocycles. The molecule has 2 aromatic rings. The van der Waals surface area contributed by atoms with Gasteiger partial charge in [0.05, 0.1) is 13.2 Å². The second-order valence-corrected chi connectivity index (χ2v) is 13.3. The van der Waals surface area contributed by atoms with Gasteiger partial charge in [-0.15, -0.1) is 0 Å². The van der Waals surface area contributed by atoms with Crippen molar-refractivity contribution in [2.24, 2.45) is 0 Å². The lowest BCUT2D eigenvalue weighted by Crippen LogP contribution is -2.07. The molecular formula is C29H36O4S4. The van der Waals surface area contributed by atoms with E-state index in [1.807, 2.05) is 13.8 Å². The molecule has 0 aliphatic rings. The molecule has 2 atom stereocenters. The van der Waals surface area contributed by atoms with Crippen LogP contribution in [0, 0.1) is 0 Å². The molecule has 0 fully saturated rings. The van der Waals surface area contributed by atoms with E-state index >= 15 is 0 Å². The first kappa shape index (κ1) is 31.8. The molecule has 0 aliphatic heterocycles. The molecular weight excluding hydrogens is 541 g/mol. The van der Waals surface area contributed by atoms with Crippen LogP contribution in [0.1, 0.15) is 38.8 Å². The minimum atomic E-state index is 0.0142. The highest BCUT2D eigenvalue weighted by molar-refractivity contribution is 8.14. The molecule has 0 aromatic heterocycles. The fraction of sp³-hybridized carbons (Fsp3) is 0.379. The second kappa shape index (κ2) is 17.2. The highest BCUT2D eigenvalue weighted by Crippen LogP contribution is 2.27. The SMILES string of the molecule is C=C(C)C(=O)SCCOC(C)Sc1ccc(Cc2ccc(SC(C)OCCSC(=O)C(=C)C)cc2)cc1. The van der Waals surface area contributed by atoms with Crippen LogP contribution in [0.4, 0.5) is 0 Å². The van der Waals surface area contributed by atoms with Gasteiger partial charge in [-0.1, -0.05) is 84.5 Å². The van der Waals surface area contributed by atoms with E-state index < -0.39 is 0 Å². The molecule has 4 nitrogen and oxygen atoms in total. The summed E-state index contributed by atoms with van der Waals surface area (Å²) in [7, 11) is 0. The molecule has 2 unspecified atom stereocenters. The molecule has 8 heteroatoms. The van der Waals surface area contributed by atoms with Crippen molar-refractivity contribution < 1.29 is 19.1 Å². The monoisotopic (exact) mass is 576 g/mol. The number of ether oxygens (including phenoxy) is 2. The number of rotatable bonds is 16. The number of carbonyl (C=O) groups excluding carboxylic acids is 2. The van der Waals surface area contributed by atoms with E-state index in [0.717, 1.165) is 16.2 Å². The summed E-state index contributed by atoms with van der Waals surface area (Å²) in [5.74, 6) is 1.27. The largest absolute Gasteiger partial charge is 0.367 e. The van der Waals surface area contributed by atoms with Crippen LogP contribution in [-0.2, 0) is 25.5 Å². The topological polar surface area (TPSA) is 52.6 Å². The molecule has 0 bridgehead atoms. The van der Waals surface area contributed by atoms with Gasteiger partial charge in [0, 0.05) is 21.3 Å². The molecule has 0 aliphatic carbocycles. The zero-order valence-electron chi connectivity index (χ0n) is 22.0. The Hall–Kier alpha value is -1.42. The molecule has 0 saturated heterocycles. The third kappa shape index (κ3) is 13.3. The van der Waals surface area contributed by atoms with E-state index in [0.29, 0.717) is 35.9 Å². The van der Waals surface area contributed by atoms with Crippen molar-refractivity contribution in [3.05, 3.63) is 84.0 Å². The Labute approximate surface area is 238 Å². The van der Waals surface area contributed by atoms with Crippen molar-refractivity contribution in [1.82, 2.24) is 0 Å². The number of carbonyl (C=O) groups is 2. The normalized spacial score (nSPS) is 12.6. The average Bonchev–Trinajstić information content (AvgIpc) is 2.86. The second-order valence-electron chi connectivity index (χ2n) is 8.41. The number of hydrogen-bond acceptors (Lipinski definition) is 8. The fourth-order valence-electron chi connectivity index (χ4n) is 3.00. The molecule has 0 amide bonds. The van der Waals surface area contributed by atoms with Gasteiger partial charge in [-0.05, 0) is 80.7 Å². The summed E-state index contributed by atoms with van der Waals surface area (Å²) in [5, 5.41) is 0.0480. The number of benzene rings is 2. The van der Waals surface area contributed by atoms with E-state index in [1.165, 1.54) is 34.7 Å². The summed E-state index contributed by atoms with van der Waals surface area (Å²) in [5.41, 5.74) is 3.68. The van der Waals surface area contributed by atoms with Crippen LogP contribution in [0.2, 0.25) is 0 Å². The van der Waals surface area contributed by atoms with Crippen molar-refractivity contribution in [3.8, 4) is 0 Å². The Morgan fingerprint density at radius 3 is 1.38 bits per heavy atom. The standard InChI is InChI=1S/C29H36O4S4/c1-20(2)28(30)34-17-15-32-22(5)36-26-11-7-24(8-12-26)19-25-9-13-27(14-10-25)37-23(6)33-16-18-35-29(31)21(3)4/h7-14,22-23H,1,3,15-19H2,2,4-6H3. The predicted molar refractivity (Wildman–Crippen MR) is 163 cm³/mol. The van der Waals surface area contributed by atoms with E-state index in [1.54, 1.807) is 37.4 Å². The van der Waals surface area contributed by atoms with Crippen LogP contribution >= 0.6 is 47.0 Å². The minimum Gasteiger partial charge on any atom is -0.367 e. The van der Waals surface area contributed by atoms with Crippen molar-refractivity contribution in [2.75, 3.05) is 24.7 Å². The van der Waals surface area contributed by atoms with Gasteiger partial charge < -0.3 is 9.47 Å². The number of thioether (sulfide) groups is 4. The quantitative estimate of drug-likeness (QED) is 0.0866. The van der Waals surface area contributed by atoms with Crippen LogP contribution in [-0.4, -0.2) is 45.8 Å². The van der Waals surface area contributed by atoms with Crippen molar-refractivity contribution in [1.29, 1.82) is 0 Å². The summed E-state index contributed by atoms with van der Waals surface area (Å²) in [6, 6.07) is 17.2. The van der Waals surface area contributed by atoms with Crippen LogP contribution in [0.3, 0.4) is 0 Å². The van der Waals surface area contributed by atoms with Gasteiger partial charge in [-0.3, -0.25) is 9.59 Å². The van der Waals surface area contributed by atoms with Crippen LogP contribution in [0.5, 0.6) is 0 Å².